The molecule has 0 saturated carbocycles. The van der Waals surface area contributed by atoms with Gasteiger partial charge in [0.15, 0.2) is 0 Å². The summed E-state index contributed by atoms with van der Waals surface area (Å²) in [5.74, 6) is -1.41. The molecule has 0 spiro atoms. The van der Waals surface area contributed by atoms with E-state index in [2.05, 4.69) is 34.4 Å². The van der Waals surface area contributed by atoms with Crippen LogP contribution in [0, 0.1) is 6.92 Å². The number of carboxylic acid groups (broad SMARTS) is 1. The highest BCUT2D eigenvalue weighted by Crippen LogP contribution is 2.23. The van der Waals surface area contributed by atoms with Crippen LogP contribution in [-0.4, -0.2) is 41.1 Å². The third kappa shape index (κ3) is 6.06. The van der Waals surface area contributed by atoms with E-state index in [0.717, 1.165) is 29.9 Å². The Bertz CT molecular complexity index is 791. The Morgan fingerprint density at radius 2 is 1.96 bits per heavy atom. The van der Waals surface area contributed by atoms with E-state index < -0.39 is 12.0 Å². The highest BCUT2D eigenvalue weighted by molar-refractivity contribution is 5.94. The number of hydrogen-bond acceptors (Lipinski definition) is 5. The molecule has 2 rings (SSSR count). The molecule has 1 atom stereocenters. The molecule has 2 aromatic rings. The number of aromatic nitrogens is 1. The van der Waals surface area contributed by atoms with Gasteiger partial charge >= 0.3 is 5.97 Å². The average molecular weight is 384 g/mol. The van der Waals surface area contributed by atoms with Gasteiger partial charge in [0.1, 0.15) is 6.04 Å². The normalized spacial score (nSPS) is 11.7. The van der Waals surface area contributed by atoms with E-state index in [0.29, 0.717) is 12.2 Å². The summed E-state index contributed by atoms with van der Waals surface area (Å²) in [5.41, 5.74) is 3.59. The number of amides is 1. The number of nitrogens with zero attached hydrogens (tertiary/aromatic N) is 2. The Labute approximate surface area is 165 Å². The third-order valence-electron chi connectivity index (χ3n) is 4.58. The zero-order valence-corrected chi connectivity index (χ0v) is 16.6. The number of anilines is 2. The number of aliphatic carboxylic acids is 1. The van der Waals surface area contributed by atoms with E-state index >= 15 is 0 Å². The number of hydrogen-bond donors (Lipinski definition) is 3. The molecule has 28 heavy (non-hydrogen) atoms. The predicted molar refractivity (Wildman–Crippen MR) is 110 cm³/mol. The van der Waals surface area contributed by atoms with Crippen LogP contribution in [0.15, 0.2) is 42.7 Å². The number of carbonyl (C=O) groups excluding carboxylic acids is 1. The lowest BCUT2D eigenvalue weighted by Gasteiger charge is -2.22. The molecule has 1 aromatic carbocycles. The lowest BCUT2D eigenvalue weighted by atomic mass is 10.1. The lowest BCUT2D eigenvalue weighted by Crippen LogP contribution is -2.39. The van der Waals surface area contributed by atoms with Crippen LogP contribution >= 0.6 is 0 Å². The molecule has 0 aliphatic heterocycles. The van der Waals surface area contributed by atoms with Gasteiger partial charge in [-0.3, -0.25) is 19.9 Å². The first kappa shape index (κ1) is 21.4. The minimum atomic E-state index is -1.06. The second-order valence-electron chi connectivity index (χ2n) is 6.56. The van der Waals surface area contributed by atoms with E-state index in [9.17, 15) is 14.7 Å². The van der Waals surface area contributed by atoms with Gasteiger partial charge < -0.3 is 15.3 Å². The molecule has 1 aromatic heterocycles. The Kier molecular flexibility index (Phi) is 7.95. The maximum atomic E-state index is 12.4. The van der Waals surface area contributed by atoms with E-state index in [1.54, 1.807) is 18.5 Å². The lowest BCUT2D eigenvalue weighted by molar-refractivity contribution is -0.141. The second-order valence-corrected chi connectivity index (χ2v) is 6.56. The fraction of sp³-hybridized carbons (Fsp3) is 0.381. The summed E-state index contributed by atoms with van der Waals surface area (Å²) in [4.78, 5) is 30.1. The van der Waals surface area contributed by atoms with E-state index in [1.165, 1.54) is 0 Å². The van der Waals surface area contributed by atoms with Crippen molar-refractivity contribution in [2.75, 3.05) is 23.3 Å². The molecule has 0 aliphatic carbocycles. The van der Waals surface area contributed by atoms with Crippen molar-refractivity contribution in [3.63, 3.8) is 0 Å². The summed E-state index contributed by atoms with van der Waals surface area (Å²) in [6.45, 7) is 8.26. The first-order valence-electron chi connectivity index (χ1n) is 9.45. The molecule has 0 bridgehead atoms. The highest BCUT2D eigenvalue weighted by atomic mass is 16.4. The van der Waals surface area contributed by atoms with Crippen LogP contribution in [0.4, 0.5) is 11.4 Å². The first-order chi connectivity index (χ1) is 13.4. The number of carboxylic acids is 1. The van der Waals surface area contributed by atoms with Crippen molar-refractivity contribution in [2.24, 2.45) is 0 Å². The SMILES string of the molecule is CCN(CC)c1ccc(NC(=O)CC(NCc2cccnc2)C(=O)O)c(C)c1. The van der Waals surface area contributed by atoms with Crippen LogP contribution in [-0.2, 0) is 16.1 Å². The number of nitrogens with one attached hydrogen (secondary N) is 2. The van der Waals surface area contributed by atoms with Gasteiger partial charge in [-0.2, -0.15) is 0 Å². The number of carbonyl (C=O) groups is 2. The molecule has 150 valence electrons. The minimum absolute atomic E-state index is 0.160. The van der Waals surface area contributed by atoms with Gasteiger partial charge in [0.05, 0.1) is 6.42 Å². The van der Waals surface area contributed by atoms with Crippen molar-refractivity contribution in [1.82, 2.24) is 10.3 Å². The van der Waals surface area contributed by atoms with Gasteiger partial charge in [-0.15, -0.1) is 0 Å². The Hall–Kier alpha value is -2.93. The van der Waals surface area contributed by atoms with Crippen molar-refractivity contribution in [2.45, 2.75) is 39.8 Å². The van der Waals surface area contributed by atoms with Crippen molar-refractivity contribution >= 4 is 23.3 Å². The molecule has 0 saturated heterocycles. The average Bonchev–Trinajstić information content (AvgIpc) is 2.68. The number of rotatable bonds is 10. The molecule has 3 N–H and O–H groups in total. The summed E-state index contributed by atoms with van der Waals surface area (Å²) < 4.78 is 0. The summed E-state index contributed by atoms with van der Waals surface area (Å²) in [6, 6.07) is 8.50. The Morgan fingerprint density at radius 1 is 1.21 bits per heavy atom. The van der Waals surface area contributed by atoms with Crippen LogP contribution in [0.5, 0.6) is 0 Å². The second kappa shape index (κ2) is 10.4. The third-order valence-corrected chi connectivity index (χ3v) is 4.58. The van der Waals surface area contributed by atoms with Gasteiger partial charge in [0, 0.05) is 43.4 Å². The standard InChI is InChI=1S/C21H28N4O3/c1-4-25(5-2)17-8-9-18(15(3)11-17)24-20(26)12-19(21(27)28)23-14-16-7-6-10-22-13-16/h6-11,13,19,23H,4-5,12,14H2,1-3H3,(H,24,26)(H,27,28). The van der Waals surface area contributed by atoms with Gasteiger partial charge in [-0.25, -0.2) is 0 Å². The summed E-state index contributed by atoms with van der Waals surface area (Å²) in [6.07, 6.45) is 3.15. The van der Waals surface area contributed by atoms with Crippen LogP contribution in [0.2, 0.25) is 0 Å². The number of pyridine rings is 1. The molecule has 1 unspecified atom stereocenters. The quantitative estimate of drug-likeness (QED) is 0.583. The first-order valence-corrected chi connectivity index (χ1v) is 9.45. The molecule has 1 amide bonds. The molecule has 0 fully saturated rings. The fourth-order valence-corrected chi connectivity index (χ4v) is 2.95. The Morgan fingerprint density at radius 3 is 2.54 bits per heavy atom. The van der Waals surface area contributed by atoms with Crippen molar-refractivity contribution in [3.05, 3.63) is 53.9 Å². The van der Waals surface area contributed by atoms with Crippen molar-refractivity contribution < 1.29 is 14.7 Å². The summed E-state index contributed by atoms with van der Waals surface area (Å²) >= 11 is 0. The monoisotopic (exact) mass is 384 g/mol. The van der Waals surface area contributed by atoms with Crippen LogP contribution < -0.4 is 15.5 Å². The molecule has 0 aliphatic rings. The number of aryl methyl sites for hydroxylation is 1. The molecular formula is C21H28N4O3. The largest absolute Gasteiger partial charge is 0.480 e. The van der Waals surface area contributed by atoms with Gasteiger partial charge in [-0.05, 0) is 56.2 Å². The maximum Gasteiger partial charge on any atom is 0.321 e. The number of benzene rings is 1. The minimum Gasteiger partial charge on any atom is -0.480 e. The smallest absolute Gasteiger partial charge is 0.321 e. The topological polar surface area (TPSA) is 94.6 Å². The molecule has 1 heterocycles. The highest BCUT2D eigenvalue weighted by Gasteiger charge is 2.21. The Balaban J connectivity index is 1.97. The van der Waals surface area contributed by atoms with E-state index in [1.807, 2.05) is 31.2 Å². The van der Waals surface area contributed by atoms with Gasteiger partial charge in [0.2, 0.25) is 5.91 Å². The molecule has 7 nitrogen and oxygen atoms in total. The van der Waals surface area contributed by atoms with Crippen LogP contribution in [0.25, 0.3) is 0 Å². The van der Waals surface area contributed by atoms with Gasteiger partial charge in [-0.1, -0.05) is 6.07 Å². The van der Waals surface area contributed by atoms with Crippen molar-refractivity contribution in [3.8, 4) is 0 Å². The van der Waals surface area contributed by atoms with Gasteiger partial charge in [0.25, 0.3) is 0 Å². The predicted octanol–water partition coefficient (Wildman–Crippen LogP) is 2.81. The molecule has 7 heteroatoms. The van der Waals surface area contributed by atoms with Crippen LogP contribution in [0.3, 0.4) is 0 Å². The molecule has 0 radical (unpaired) electrons. The summed E-state index contributed by atoms with van der Waals surface area (Å²) in [5, 5.41) is 15.1. The molecular weight excluding hydrogens is 356 g/mol. The fourth-order valence-electron chi connectivity index (χ4n) is 2.95. The zero-order chi connectivity index (χ0) is 20.5. The zero-order valence-electron chi connectivity index (χ0n) is 16.6. The maximum absolute atomic E-state index is 12.4. The summed E-state index contributed by atoms with van der Waals surface area (Å²) in [7, 11) is 0. The van der Waals surface area contributed by atoms with Crippen LogP contribution in [0.1, 0.15) is 31.4 Å². The van der Waals surface area contributed by atoms with Crippen molar-refractivity contribution in [1.29, 1.82) is 0 Å². The van der Waals surface area contributed by atoms with E-state index in [-0.39, 0.29) is 12.3 Å². The van der Waals surface area contributed by atoms with E-state index in [4.69, 9.17) is 0 Å².